The van der Waals surface area contributed by atoms with Crippen molar-refractivity contribution in [1.82, 2.24) is 34.9 Å². The fourth-order valence-corrected chi connectivity index (χ4v) is 2.29. The molecule has 0 aliphatic carbocycles. The Morgan fingerprint density at radius 3 is 3.14 bits per heavy atom. The number of nitrogens with one attached hydrogen (secondary N) is 1. The third-order valence-electron chi connectivity index (χ3n) is 3.43. The maximum atomic E-state index is 12.1. The van der Waals surface area contributed by atoms with Crippen molar-refractivity contribution in [3.05, 3.63) is 42.1 Å². The number of amides is 1. The first-order valence-electron chi connectivity index (χ1n) is 7.24. The Labute approximate surface area is 127 Å². The lowest BCUT2D eigenvalue weighted by Gasteiger charge is -2.08. The number of hydrogen-bond donors (Lipinski definition) is 1. The average molecular weight is 299 g/mol. The largest absolute Gasteiger partial charge is 0.352 e. The van der Waals surface area contributed by atoms with E-state index < -0.39 is 0 Å². The quantitative estimate of drug-likeness (QED) is 0.677. The van der Waals surface area contributed by atoms with Crippen molar-refractivity contribution in [2.75, 3.05) is 6.54 Å². The van der Waals surface area contributed by atoms with E-state index in [4.69, 9.17) is 0 Å². The van der Waals surface area contributed by atoms with Crippen LogP contribution in [0.1, 0.15) is 29.5 Å². The van der Waals surface area contributed by atoms with Crippen LogP contribution in [-0.4, -0.2) is 42.0 Å². The van der Waals surface area contributed by atoms with E-state index in [0.717, 1.165) is 25.2 Å². The topological polar surface area (TPSA) is 90.0 Å². The van der Waals surface area contributed by atoms with Crippen LogP contribution in [0, 0.1) is 0 Å². The summed E-state index contributed by atoms with van der Waals surface area (Å²) in [6.45, 7) is 3.53. The molecule has 1 amide bonds. The van der Waals surface area contributed by atoms with Crippen molar-refractivity contribution in [2.45, 2.75) is 26.3 Å². The Hall–Kier alpha value is -2.77. The summed E-state index contributed by atoms with van der Waals surface area (Å²) in [6.07, 6.45) is 7.15. The molecule has 3 rings (SSSR count). The molecule has 0 atom stereocenters. The number of hydrogen-bond acceptors (Lipinski definition) is 5. The highest BCUT2D eigenvalue weighted by molar-refractivity contribution is 5.94. The second-order valence-electron chi connectivity index (χ2n) is 4.90. The van der Waals surface area contributed by atoms with Crippen LogP contribution < -0.4 is 5.32 Å². The van der Waals surface area contributed by atoms with Gasteiger partial charge in [0, 0.05) is 38.1 Å². The highest BCUT2D eigenvalue weighted by Crippen LogP contribution is 2.03. The number of imidazole rings is 1. The number of fused-ring (bicyclic) bond motifs is 1. The van der Waals surface area contributed by atoms with Crippen molar-refractivity contribution >= 4 is 11.6 Å². The van der Waals surface area contributed by atoms with E-state index in [1.807, 2.05) is 6.20 Å². The first-order valence-corrected chi connectivity index (χ1v) is 7.24. The molecule has 0 aliphatic rings. The predicted molar refractivity (Wildman–Crippen MR) is 79.3 cm³/mol. The molecule has 0 radical (unpaired) electrons. The number of nitrogens with zero attached hydrogens (tertiary/aromatic N) is 6. The van der Waals surface area contributed by atoms with E-state index >= 15 is 0 Å². The molecule has 0 saturated heterocycles. The molecule has 3 aromatic heterocycles. The van der Waals surface area contributed by atoms with E-state index in [2.05, 4.69) is 37.3 Å². The molecule has 8 heteroatoms. The van der Waals surface area contributed by atoms with Crippen LogP contribution in [0.5, 0.6) is 0 Å². The number of carbonyl (C=O) groups excluding carboxylic acids is 1. The van der Waals surface area contributed by atoms with Crippen molar-refractivity contribution in [1.29, 1.82) is 0 Å². The van der Waals surface area contributed by atoms with Gasteiger partial charge in [0.15, 0.2) is 5.65 Å². The summed E-state index contributed by atoms with van der Waals surface area (Å²) >= 11 is 0. The molecule has 0 bridgehead atoms. The van der Waals surface area contributed by atoms with Gasteiger partial charge in [0.2, 0.25) is 0 Å². The van der Waals surface area contributed by atoms with Crippen LogP contribution in [0.15, 0.2) is 30.7 Å². The van der Waals surface area contributed by atoms with Gasteiger partial charge in [-0.25, -0.2) is 4.98 Å². The third kappa shape index (κ3) is 2.95. The molecule has 0 spiro atoms. The normalized spacial score (nSPS) is 11.0. The second-order valence-corrected chi connectivity index (χ2v) is 4.90. The maximum Gasteiger partial charge on any atom is 0.252 e. The summed E-state index contributed by atoms with van der Waals surface area (Å²) in [5.74, 6) is 0.939. The summed E-state index contributed by atoms with van der Waals surface area (Å²) in [5, 5.41) is 14.0. The molecule has 3 aromatic rings. The van der Waals surface area contributed by atoms with E-state index in [0.29, 0.717) is 17.8 Å². The minimum absolute atomic E-state index is 0.126. The zero-order chi connectivity index (χ0) is 15.4. The molecular weight excluding hydrogens is 282 g/mol. The van der Waals surface area contributed by atoms with Crippen LogP contribution in [0.25, 0.3) is 5.65 Å². The first kappa shape index (κ1) is 14.2. The van der Waals surface area contributed by atoms with Gasteiger partial charge in [0.25, 0.3) is 5.91 Å². The van der Waals surface area contributed by atoms with Crippen LogP contribution in [0.2, 0.25) is 0 Å². The molecule has 0 saturated carbocycles. The molecule has 0 unspecified atom stereocenters. The molecule has 1 N–H and O–H groups in total. The zero-order valence-corrected chi connectivity index (χ0v) is 12.3. The van der Waals surface area contributed by atoms with E-state index in [-0.39, 0.29) is 5.91 Å². The lowest BCUT2D eigenvalue weighted by Crippen LogP contribution is -2.25. The molecule has 0 fully saturated rings. The Balaban J connectivity index is 1.51. The van der Waals surface area contributed by atoms with Gasteiger partial charge in [0.1, 0.15) is 5.82 Å². The average Bonchev–Trinajstić information content (AvgIpc) is 3.18. The van der Waals surface area contributed by atoms with Gasteiger partial charge in [-0.3, -0.25) is 4.79 Å². The number of aryl methyl sites for hydroxylation is 2. The number of rotatable bonds is 6. The molecular formula is C14H17N7O. The number of pyridine rings is 1. The summed E-state index contributed by atoms with van der Waals surface area (Å²) in [7, 11) is 0. The molecule has 0 aromatic carbocycles. The van der Waals surface area contributed by atoms with Gasteiger partial charge < -0.3 is 9.88 Å². The lowest BCUT2D eigenvalue weighted by atomic mass is 10.2. The van der Waals surface area contributed by atoms with Crippen molar-refractivity contribution < 1.29 is 4.79 Å². The summed E-state index contributed by atoms with van der Waals surface area (Å²) in [4.78, 5) is 16.4. The minimum atomic E-state index is -0.126. The second kappa shape index (κ2) is 6.33. The van der Waals surface area contributed by atoms with Gasteiger partial charge >= 0.3 is 0 Å². The molecule has 3 heterocycles. The fourth-order valence-electron chi connectivity index (χ4n) is 2.29. The highest BCUT2D eigenvalue weighted by atomic mass is 16.1. The molecule has 0 aliphatic heterocycles. The maximum absolute atomic E-state index is 12.1. The SMILES string of the molecule is CCc1nccn1CCCNC(=O)c1ccc2nnnn2c1. The summed E-state index contributed by atoms with van der Waals surface area (Å²) in [5.41, 5.74) is 1.15. The van der Waals surface area contributed by atoms with E-state index in [1.165, 1.54) is 4.52 Å². The summed E-state index contributed by atoms with van der Waals surface area (Å²) in [6, 6.07) is 3.43. The van der Waals surface area contributed by atoms with Gasteiger partial charge in [0.05, 0.1) is 5.56 Å². The van der Waals surface area contributed by atoms with E-state index in [9.17, 15) is 4.79 Å². The zero-order valence-electron chi connectivity index (χ0n) is 12.3. The standard InChI is InChI=1S/C14H17N7O/c1-2-12-15-7-9-20(12)8-3-6-16-14(22)11-4-5-13-17-18-19-21(13)10-11/h4-5,7,9-10H,2-3,6,8H2,1H3,(H,16,22). The van der Waals surface area contributed by atoms with Gasteiger partial charge in [-0.15, -0.1) is 5.10 Å². The fraction of sp³-hybridized carbons (Fsp3) is 0.357. The molecule has 8 nitrogen and oxygen atoms in total. The molecule has 22 heavy (non-hydrogen) atoms. The van der Waals surface area contributed by atoms with Gasteiger partial charge in [-0.1, -0.05) is 6.92 Å². The van der Waals surface area contributed by atoms with Crippen molar-refractivity contribution in [3.63, 3.8) is 0 Å². The van der Waals surface area contributed by atoms with E-state index in [1.54, 1.807) is 24.5 Å². The van der Waals surface area contributed by atoms with Crippen molar-refractivity contribution in [2.24, 2.45) is 0 Å². The lowest BCUT2D eigenvalue weighted by molar-refractivity contribution is 0.0952. The van der Waals surface area contributed by atoms with Crippen LogP contribution in [0.4, 0.5) is 0 Å². The number of carbonyl (C=O) groups is 1. The monoisotopic (exact) mass is 299 g/mol. The minimum Gasteiger partial charge on any atom is -0.352 e. The number of tetrazole rings is 1. The van der Waals surface area contributed by atoms with Gasteiger partial charge in [-0.2, -0.15) is 4.52 Å². The van der Waals surface area contributed by atoms with Crippen LogP contribution in [-0.2, 0) is 13.0 Å². The summed E-state index contributed by atoms with van der Waals surface area (Å²) < 4.78 is 3.59. The molecule has 114 valence electrons. The Bertz CT molecular complexity index is 776. The Morgan fingerprint density at radius 2 is 2.27 bits per heavy atom. The van der Waals surface area contributed by atoms with Crippen LogP contribution >= 0.6 is 0 Å². The smallest absolute Gasteiger partial charge is 0.252 e. The van der Waals surface area contributed by atoms with Gasteiger partial charge in [-0.05, 0) is 29.0 Å². The third-order valence-corrected chi connectivity index (χ3v) is 3.43. The number of aromatic nitrogens is 6. The first-order chi connectivity index (χ1) is 10.8. The predicted octanol–water partition coefficient (Wildman–Crippen LogP) is 0.703. The Morgan fingerprint density at radius 1 is 1.36 bits per heavy atom. The van der Waals surface area contributed by atoms with Crippen LogP contribution in [0.3, 0.4) is 0 Å². The van der Waals surface area contributed by atoms with Crippen molar-refractivity contribution in [3.8, 4) is 0 Å². The Kier molecular flexibility index (Phi) is 4.08. The highest BCUT2D eigenvalue weighted by Gasteiger charge is 2.07.